The van der Waals surface area contributed by atoms with E-state index in [-0.39, 0.29) is 105 Å². The largest absolute Gasteiger partial charge is 1.00 e. The molecule has 4 aliphatic rings. The molecule has 0 fully saturated rings. The molecule has 6 heterocycles. The van der Waals surface area contributed by atoms with Crippen LogP contribution in [0.4, 0.5) is 11.6 Å². The Balaban J connectivity index is 0.00000104. The minimum Gasteiger partial charge on any atom is 1.00 e. The van der Waals surface area contributed by atoms with Crippen molar-refractivity contribution in [1.29, 1.82) is 0 Å². The molecule has 1 radical (unpaired) electrons. The minimum atomic E-state index is -4.72. The van der Waals surface area contributed by atoms with Gasteiger partial charge in [0, 0.05) is 0 Å². The first kappa shape index (κ1) is 36.8. The summed E-state index contributed by atoms with van der Waals surface area (Å²) in [4.78, 5) is 29.9. The third kappa shape index (κ3) is 5.60. The second-order valence-electron chi connectivity index (χ2n) is 10.8. The van der Waals surface area contributed by atoms with Crippen molar-refractivity contribution in [2.75, 3.05) is 0 Å². The number of nitrogens with zero attached hydrogens (tertiary/aromatic N) is 8. The number of rotatable bonds is 1. The minimum absolute atomic E-state index is 0. The van der Waals surface area contributed by atoms with Gasteiger partial charge in [-0.05, 0) is 0 Å². The Bertz CT molecular complexity index is 2790. The SMILES string of the molecule is O.O=S(=O)([O-])c1ccc2c(c1)C1=NC2=Nc2c3c[c-]ccc3c3[n]2[In][n]2c(c4[c-]cccc4c2=N1)=NC1=NC(=N3)c2ccccc21.[Na+].[Na+].[Na+]. The number of hydrogen-bond acceptors (Lipinski definition) is 9. The second kappa shape index (κ2) is 13.5. The molecular formula is C32H15InN8Na3O4S. The molecule has 0 atom stereocenters. The van der Waals surface area contributed by atoms with E-state index in [1.54, 1.807) is 6.07 Å². The van der Waals surface area contributed by atoms with Gasteiger partial charge in [0.1, 0.15) is 0 Å². The van der Waals surface area contributed by atoms with E-state index in [0.717, 1.165) is 38.5 Å². The van der Waals surface area contributed by atoms with Crippen molar-refractivity contribution in [3.8, 4) is 0 Å². The average Bonchev–Trinajstić information content (AvgIpc) is 3.74. The Kier molecular flexibility index (Phi) is 10.1. The van der Waals surface area contributed by atoms with E-state index in [0.29, 0.717) is 45.4 Å². The van der Waals surface area contributed by atoms with Crippen LogP contribution in [0.1, 0.15) is 22.3 Å². The Labute approximate surface area is 356 Å². The molecule has 0 unspecified atom stereocenters. The summed E-state index contributed by atoms with van der Waals surface area (Å²) >= 11 is -2.22. The molecule has 10 rings (SSSR count). The van der Waals surface area contributed by atoms with Crippen molar-refractivity contribution in [2.24, 2.45) is 30.0 Å². The molecule has 0 amide bonds. The Morgan fingerprint density at radius 3 is 1.98 bits per heavy atom. The van der Waals surface area contributed by atoms with Gasteiger partial charge in [-0.3, -0.25) is 0 Å². The van der Waals surface area contributed by atoms with Gasteiger partial charge in [0.2, 0.25) is 0 Å². The van der Waals surface area contributed by atoms with Crippen molar-refractivity contribution in [1.82, 2.24) is 5.11 Å². The maximum atomic E-state index is 12.0. The molecule has 4 aromatic carbocycles. The summed E-state index contributed by atoms with van der Waals surface area (Å²) < 4.78 is 40.4. The molecular weight excluding hydrogens is 776 g/mol. The van der Waals surface area contributed by atoms with Gasteiger partial charge in [0.05, 0.1) is 0 Å². The van der Waals surface area contributed by atoms with Crippen molar-refractivity contribution in [3.63, 3.8) is 0 Å². The maximum absolute atomic E-state index is 12.0. The van der Waals surface area contributed by atoms with E-state index in [1.165, 1.54) is 12.1 Å². The van der Waals surface area contributed by atoms with Crippen LogP contribution in [-0.4, -0.2) is 70.4 Å². The summed E-state index contributed by atoms with van der Waals surface area (Å²) in [7, 11) is -4.72. The summed E-state index contributed by atoms with van der Waals surface area (Å²) in [6.07, 6.45) is 0. The van der Waals surface area contributed by atoms with Crippen LogP contribution in [0.25, 0.3) is 21.5 Å². The molecule has 12 nitrogen and oxygen atoms in total. The van der Waals surface area contributed by atoms with Gasteiger partial charge in [-0.1, -0.05) is 0 Å². The standard InChI is InChI=1S/C32H14N8O3S.In.3Na.H2O/c41-44(42,43)16-13-14-23-24(15-16)32-39-30-22-12-6-5-11-21(22)28(37-30)35-26-18-8-2-1-7-17(18)25(33-26)34-27-19-9-3-4-10-20(19)29(36-27)38-31(23)40-32;;;;;/h1-3,5-10,12-15H,(H-2,33,34,35,36,37,38,39,40,41,42,43);;;;;1H2/q-4;+2;3*+1;/p-1. The predicted octanol–water partition coefficient (Wildman–Crippen LogP) is -6.84. The summed E-state index contributed by atoms with van der Waals surface area (Å²) in [6, 6.07) is 30.1. The molecule has 2 N–H and O–H groups in total. The summed E-state index contributed by atoms with van der Waals surface area (Å²) in [6.45, 7) is 0. The molecule has 17 heteroatoms. The first-order valence-corrected chi connectivity index (χ1v) is 18.2. The number of fused-ring (bicyclic) bond motifs is 14. The van der Waals surface area contributed by atoms with Crippen molar-refractivity contribution in [2.45, 2.75) is 4.90 Å². The van der Waals surface area contributed by atoms with E-state index >= 15 is 0 Å². The smallest absolute Gasteiger partial charge is 1.00 e. The summed E-state index contributed by atoms with van der Waals surface area (Å²) in [5.41, 5.74) is 4.05. The quantitative estimate of drug-likeness (QED) is 0.0918. The van der Waals surface area contributed by atoms with Crippen molar-refractivity contribution in [3.05, 3.63) is 124 Å². The van der Waals surface area contributed by atoms with Crippen molar-refractivity contribution < 1.29 is 107 Å². The first-order chi connectivity index (χ1) is 21.9. The third-order valence-electron chi connectivity index (χ3n) is 8.25. The van der Waals surface area contributed by atoms with Gasteiger partial charge < -0.3 is 5.48 Å². The van der Waals surface area contributed by atoms with E-state index < -0.39 is 33.6 Å². The van der Waals surface area contributed by atoms with Crippen LogP contribution in [0, 0.1) is 12.1 Å². The van der Waals surface area contributed by atoms with Gasteiger partial charge in [0.15, 0.2) is 0 Å². The molecule has 0 saturated heterocycles. The van der Waals surface area contributed by atoms with Gasteiger partial charge in [0.25, 0.3) is 0 Å². The molecule has 49 heavy (non-hydrogen) atoms. The predicted molar refractivity (Wildman–Crippen MR) is 170 cm³/mol. The van der Waals surface area contributed by atoms with Crippen LogP contribution >= 0.6 is 0 Å². The summed E-state index contributed by atoms with van der Waals surface area (Å²) in [5, 5.41) is 3.32. The molecule has 0 aliphatic carbocycles. The zero-order chi connectivity index (χ0) is 30.0. The number of hydrogen-bond donors (Lipinski definition) is 0. The fourth-order valence-electron chi connectivity index (χ4n) is 6.23. The Morgan fingerprint density at radius 2 is 1.27 bits per heavy atom. The van der Waals surface area contributed by atoms with Gasteiger partial charge in [-0.25, -0.2) is 0 Å². The summed E-state index contributed by atoms with van der Waals surface area (Å²) in [5.74, 6) is 3.14. The normalized spacial score (nSPS) is 14.3. The topological polar surface area (TPSA) is 173 Å². The van der Waals surface area contributed by atoms with Crippen LogP contribution < -0.4 is 99.6 Å². The van der Waals surface area contributed by atoms with Crippen LogP contribution in [0.2, 0.25) is 0 Å². The monoisotopic (exact) mass is 791 g/mol. The number of amidine groups is 4. The zero-order valence-corrected chi connectivity index (χ0v) is 36.4. The van der Waals surface area contributed by atoms with E-state index in [4.69, 9.17) is 30.0 Å². The van der Waals surface area contributed by atoms with Crippen molar-refractivity contribution >= 4 is 90.1 Å². The Morgan fingerprint density at radius 1 is 0.633 bits per heavy atom. The molecule has 219 valence electrons. The van der Waals surface area contributed by atoms with Crippen LogP contribution in [0.3, 0.4) is 0 Å². The molecule has 6 bridgehead atoms. The van der Waals surface area contributed by atoms with Crippen LogP contribution in [-0.2, 0) is 10.1 Å². The fraction of sp³-hybridized carbons (Fsp3) is 0. The van der Waals surface area contributed by atoms with Crippen LogP contribution in [0.15, 0.2) is 114 Å². The maximum Gasteiger partial charge on any atom is 1.00 e. The van der Waals surface area contributed by atoms with Gasteiger partial charge in [-0.15, -0.1) is 0 Å². The van der Waals surface area contributed by atoms with E-state index in [9.17, 15) is 13.0 Å². The molecule has 0 saturated carbocycles. The van der Waals surface area contributed by atoms with Gasteiger partial charge in [-0.2, -0.15) is 0 Å². The first-order valence-electron chi connectivity index (χ1n) is 13.8. The average molecular weight is 791 g/mol. The third-order valence-corrected chi connectivity index (χ3v) is 13.2. The Hall–Kier alpha value is -2.02. The van der Waals surface area contributed by atoms with E-state index in [2.05, 4.69) is 17.2 Å². The van der Waals surface area contributed by atoms with E-state index in [1.807, 2.05) is 60.7 Å². The number of aliphatic imine (C=N–C) groups is 4. The van der Waals surface area contributed by atoms with Gasteiger partial charge >= 0.3 is 356 Å². The molecule has 6 aromatic rings. The molecule has 2 aromatic heterocycles. The molecule has 0 spiro atoms. The zero-order valence-electron chi connectivity index (χ0n) is 26.3. The molecule has 4 aliphatic heterocycles. The fourth-order valence-corrected chi connectivity index (χ4v) is 10.9. The number of aromatic nitrogens is 2. The van der Waals surface area contributed by atoms with Crippen LogP contribution in [0.5, 0.6) is 0 Å². The number of benzene rings is 4. The second-order valence-corrected chi connectivity index (χ2v) is 15.7.